The molecular formula is C16H20N2. The number of nitrogens with zero attached hydrogens (tertiary/aromatic N) is 2. The number of hydrogen-bond acceptors (Lipinski definition) is 2. The van der Waals surface area contributed by atoms with Crippen molar-refractivity contribution in [3.05, 3.63) is 35.9 Å². The zero-order valence-corrected chi connectivity index (χ0v) is 11.0. The van der Waals surface area contributed by atoms with Crippen LogP contribution < -0.4 is 0 Å². The van der Waals surface area contributed by atoms with Gasteiger partial charge in [0.2, 0.25) is 0 Å². The SMILES string of the molecule is CCCCCCC(c1ccccc1)C(C#N)C#N. The molecule has 0 saturated heterocycles. The Labute approximate surface area is 110 Å². The maximum absolute atomic E-state index is 9.09. The van der Waals surface area contributed by atoms with Crippen LogP contribution in [0.1, 0.15) is 50.5 Å². The Hall–Kier alpha value is -1.80. The van der Waals surface area contributed by atoms with Gasteiger partial charge in [-0.1, -0.05) is 62.9 Å². The fraction of sp³-hybridized carbons (Fsp3) is 0.500. The first-order valence-electron chi connectivity index (χ1n) is 6.67. The van der Waals surface area contributed by atoms with Gasteiger partial charge in [-0.25, -0.2) is 0 Å². The zero-order chi connectivity index (χ0) is 13.2. The summed E-state index contributed by atoms with van der Waals surface area (Å²) >= 11 is 0. The van der Waals surface area contributed by atoms with Crippen molar-refractivity contribution < 1.29 is 0 Å². The summed E-state index contributed by atoms with van der Waals surface area (Å²) in [6, 6.07) is 14.2. The van der Waals surface area contributed by atoms with Crippen molar-refractivity contribution in [3.63, 3.8) is 0 Å². The maximum atomic E-state index is 9.09. The van der Waals surface area contributed by atoms with Crippen LogP contribution in [-0.2, 0) is 0 Å². The van der Waals surface area contributed by atoms with Crippen LogP contribution in [0.4, 0.5) is 0 Å². The molecule has 1 rings (SSSR count). The number of hydrogen-bond donors (Lipinski definition) is 0. The molecule has 0 spiro atoms. The van der Waals surface area contributed by atoms with E-state index in [1.165, 1.54) is 19.3 Å². The summed E-state index contributed by atoms with van der Waals surface area (Å²) in [5.74, 6) is -0.480. The van der Waals surface area contributed by atoms with Gasteiger partial charge in [-0.3, -0.25) is 0 Å². The molecule has 0 fully saturated rings. The van der Waals surface area contributed by atoms with Crippen LogP contribution in [0.2, 0.25) is 0 Å². The molecule has 0 aliphatic heterocycles. The van der Waals surface area contributed by atoms with Gasteiger partial charge in [0, 0.05) is 5.92 Å². The molecule has 2 heteroatoms. The van der Waals surface area contributed by atoms with Gasteiger partial charge in [0.15, 0.2) is 0 Å². The third-order valence-corrected chi connectivity index (χ3v) is 3.28. The molecule has 0 amide bonds. The van der Waals surface area contributed by atoms with Gasteiger partial charge in [0.05, 0.1) is 12.1 Å². The van der Waals surface area contributed by atoms with E-state index in [-0.39, 0.29) is 5.92 Å². The van der Waals surface area contributed by atoms with Crippen LogP contribution in [0.5, 0.6) is 0 Å². The van der Waals surface area contributed by atoms with Gasteiger partial charge >= 0.3 is 0 Å². The Bertz CT molecular complexity index is 397. The summed E-state index contributed by atoms with van der Waals surface area (Å²) in [6.07, 6.45) is 5.63. The zero-order valence-electron chi connectivity index (χ0n) is 11.0. The first kappa shape index (κ1) is 14.3. The molecule has 0 heterocycles. The van der Waals surface area contributed by atoms with Gasteiger partial charge in [0.25, 0.3) is 0 Å². The van der Waals surface area contributed by atoms with E-state index in [1.54, 1.807) is 0 Å². The van der Waals surface area contributed by atoms with Gasteiger partial charge in [-0.05, 0) is 12.0 Å². The molecular weight excluding hydrogens is 220 g/mol. The van der Waals surface area contributed by atoms with E-state index in [2.05, 4.69) is 19.1 Å². The minimum atomic E-state index is -0.533. The lowest BCUT2D eigenvalue weighted by Gasteiger charge is -2.17. The third kappa shape index (κ3) is 4.22. The van der Waals surface area contributed by atoms with Gasteiger partial charge < -0.3 is 0 Å². The maximum Gasteiger partial charge on any atom is 0.140 e. The Morgan fingerprint density at radius 1 is 1.00 bits per heavy atom. The van der Waals surface area contributed by atoms with Crippen LogP contribution in [0.25, 0.3) is 0 Å². The van der Waals surface area contributed by atoms with E-state index < -0.39 is 5.92 Å². The first-order chi connectivity index (χ1) is 8.83. The molecule has 18 heavy (non-hydrogen) atoms. The van der Waals surface area contributed by atoms with Crippen molar-refractivity contribution in [2.45, 2.75) is 44.9 Å². The summed E-state index contributed by atoms with van der Waals surface area (Å²) in [6.45, 7) is 2.18. The first-order valence-corrected chi connectivity index (χ1v) is 6.67. The molecule has 0 aliphatic carbocycles. The lowest BCUT2D eigenvalue weighted by molar-refractivity contribution is 0.515. The Balaban J connectivity index is 2.71. The van der Waals surface area contributed by atoms with Crippen LogP contribution in [0.15, 0.2) is 30.3 Å². The topological polar surface area (TPSA) is 47.6 Å². The van der Waals surface area contributed by atoms with E-state index in [4.69, 9.17) is 10.5 Å². The normalized spacial score (nSPS) is 11.8. The monoisotopic (exact) mass is 240 g/mol. The van der Waals surface area contributed by atoms with Crippen LogP contribution in [-0.4, -0.2) is 0 Å². The van der Waals surface area contributed by atoms with E-state index in [0.717, 1.165) is 18.4 Å². The second-order valence-electron chi connectivity index (χ2n) is 4.60. The predicted octanol–water partition coefficient (Wildman–Crippen LogP) is 4.40. The number of unbranched alkanes of at least 4 members (excludes halogenated alkanes) is 3. The largest absolute Gasteiger partial charge is 0.197 e. The second kappa shape index (κ2) is 8.31. The highest BCUT2D eigenvalue weighted by atomic mass is 14.4. The van der Waals surface area contributed by atoms with Crippen molar-refractivity contribution in [3.8, 4) is 12.1 Å². The van der Waals surface area contributed by atoms with Crippen LogP contribution in [0.3, 0.4) is 0 Å². The standard InChI is InChI=1S/C16H20N2/c1-2-3-4-8-11-16(15(12-17)13-18)14-9-6-5-7-10-14/h5-7,9-10,15-16H,2-4,8,11H2,1H3. The second-order valence-corrected chi connectivity index (χ2v) is 4.60. The summed E-state index contributed by atoms with van der Waals surface area (Å²) < 4.78 is 0. The highest BCUT2D eigenvalue weighted by molar-refractivity contribution is 5.24. The minimum Gasteiger partial charge on any atom is -0.197 e. The highest BCUT2D eigenvalue weighted by Crippen LogP contribution is 2.29. The molecule has 1 atom stereocenters. The molecule has 0 saturated carbocycles. The molecule has 0 aromatic heterocycles. The van der Waals surface area contributed by atoms with Gasteiger partial charge in [-0.15, -0.1) is 0 Å². The molecule has 0 radical (unpaired) electrons. The Kier molecular flexibility index (Phi) is 6.59. The van der Waals surface area contributed by atoms with E-state index in [1.807, 2.05) is 30.3 Å². The van der Waals surface area contributed by atoms with Crippen molar-refractivity contribution >= 4 is 0 Å². The molecule has 2 nitrogen and oxygen atoms in total. The summed E-state index contributed by atoms with van der Waals surface area (Å²) in [5, 5.41) is 18.2. The van der Waals surface area contributed by atoms with Crippen molar-refractivity contribution in [2.24, 2.45) is 5.92 Å². The quantitative estimate of drug-likeness (QED) is 0.663. The van der Waals surface area contributed by atoms with Gasteiger partial charge in [-0.2, -0.15) is 10.5 Å². The highest BCUT2D eigenvalue weighted by Gasteiger charge is 2.22. The number of benzene rings is 1. The molecule has 94 valence electrons. The number of nitriles is 2. The number of rotatable bonds is 7. The molecule has 0 N–H and O–H groups in total. The lowest BCUT2D eigenvalue weighted by atomic mass is 9.83. The third-order valence-electron chi connectivity index (χ3n) is 3.28. The van der Waals surface area contributed by atoms with Crippen LogP contribution in [0, 0.1) is 28.6 Å². The average Bonchev–Trinajstić information content (AvgIpc) is 2.43. The molecule has 1 aromatic rings. The fourth-order valence-electron chi connectivity index (χ4n) is 2.23. The summed E-state index contributed by atoms with van der Waals surface area (Å²) in [4.78, 5) is 0. The lowest BCUT2D eigenvalue weighted by Crippen LogP contribution is -2.09. The van der Waals surface area contributed by atoms with Crippen molar-refractivity contribution in [1.29, 1.82) is 10.5 Å². The summed E-state index contributed by atoms with van der Waals surface area (Å²) in [5.41, 5.74) is 1.11. The fourth-order valence-corrected chi connectivity index (χ4v) is 2.23. The van der Waals surface area contributed by atoms with Crippen molar-refractivity contribution in [2.75, 3.05) is 0 Å². The van der Waals surface area contributed by atoms with Crippen molar-refractivity contribution in [1.82, 2.24) is 0 Å². The summed E-state index contributed by atoms with van der Waals surface area (Å²) in [7, 11) is 0. The van der Waals surface area contributed by atoms with Crippen LogP contribution >= 0.6 is 0 Å². The van der Waals surface area contributed by atoms with Gasteiger partial charge in [0.1, 0.15) is 5.92 Å². The van der Waals surface area contributed by atoms with E-state index >= 15 is 0 Å². The van der Waals surface area contributed by atoms with E-state index in [0.29, 0.717) is 0 Å². The Morgan fingerprint density at radius 3 is 2.22 bits per heavy atom. The smallest absolute Gasteiger partial charge is 0.140 e. The molecule has 1 aromatic carbocycles. The minimum absolute atomic E-state index is 0.0538. The Morgan fingerprint density at radius 2 is 1.67 bits per heavy atom. The molecule has 0 aliphatic rings. The average molecular weight is 240 g/mol. The molecule has 0 bridgehead atoms. The van der Waals surface area contributed by atoms with E-state index in [9.17, 15) is 0 Å². The predicted molar refractivity (Wildman–Crippen MR) is 72.7 cm³/mol. The molecule has 1 unspecified atom stereocenters.